The number of aromatic nitrogens is 1. The molecule has 2 aromatic carbocycles. The first-order chi connectivity index (χ1) is 14.7. The molecule has 0 unspecified atom stereocenters. The second kappa shape index (κ2) is 10.6. The number of hydrogen-bond acceptors (Lipinski definition) is 5. The second-order valence-corrected chi connectivity index (χ2v) is 6.45. The van der Waals surface area contributed by atoms with E-state index in [0.717, 1.165) is 11.3 Å². The molecule has 7 heteroatoms. The lowest BCUT2D eigenvalue weighted by atomic mass is 10.2. The highest BCUT2D eigenvalue weighted by Crippen LogP contribution is 2.23. The van der Waals surface area contributed by atoms with Crippen LogP contribution in [0.2, 0.25) is 0 Å². The predicted octanol–water partition coefficient (Wildman–Crippen LogP) is 3.46. The maximum Gasteiger partial charge on any atom is 0.251 e. The zero-order valence-electron chi connectivity index (χ0n) is 16.7. The fraction of sp³-hybridized carbons (Fsp3) is 0.174. The number of carbonyl (C=O) groups is 2. The second-order valence-electron chi connectivity index (χ2n) is 6.45. The predicted molar refractivity (Wildman–Crippen MR) is 117 cm³/mol. The summed E-state index contributed by atoms with van der Waals surface area (Å²) < 4.78 is 5.54. The molecule has 7 nitrogen and oxygen atoms in total. The molecule has 1 aromatic heterocycles. The van der Waals surface area contributed by atoms with Gasteiger partial charge in [0.05, 0.1) is 18.8 Å². The maximum absolute atomic E-state index is 12.3. The largest absolute Gasteiger partial charge is 0.492 e. The van der Waals surface area contributed by atoms with E-state index in [1.54, 1.807) is 36.7 Å². The molecule has 0 aliphatic rings. The number of carbonyl (C=O) groups excluding carboxylic acids is 2. The highest BCUT2D eigenvalue weighted by atomic mass is 16.5. The lowest BCUT2D eigenvalue weighted by Crippen LogP contribution is -2.23. The molecule has 0 saturated heterocycles. The molecule has 2 amide bonds. The number of nitrogens with one attached hydrogen (secondary N) is 3. The topological polar surface area (TPSA) is 92.4 Å². The molecule has 0 spiro atoms. The summed E-state index contributed by atoms with van der Waals surface area (Å²) in [5, 5.41) is 8.72. The van der Waals surface area contributed by atoms with Gasteiger partial charge >= 0.3 is 0 Å². The van der Waals surface area contributed by atoms with Crippen LogP contribution in [0.1, 0.15) is 22.8 Å². The van der Waals surface area contributed by atoms with Gasteiger partial charge in [-0.3, -0.25) is 14.6 Å². The van der Waals surface area contributed by atoms with Crippen molar-refractivity contribution in [3.8, 4) is 5.75 Å². The molecule has 3 N–H and O–H groups in total. The minimum absolute atomic E-state index is 0.0947. The fourth-order valence-electron chi connectivity index (χ4n) is 2.77. The number of hydrogen-bond donors (Lipinski definition) is 3. The quantitative estimate of drug-likeness (QED) is 0.508. The summed E-state index contributed by atoms with van der Waals surface area (Å²) in [5.41, 5.74) is 2.81. The Kier molecular flexibility index (Phi) is 7.38. The van der Waals surface area contributed by atoms with Crippen molar-refractivity contribution in [1.82, 2.24) is 10.3 Å². The smallest absolute Gasteiger partial charge is 0.251 e. The molecule has 154 valence electrons. The number of ether oxygens (including phenoxy) is 1. The van der Waals surface area contributed by atoms with Crippen molar-refractivity contribution >= 4 is 23.2 Å². The van der Waals surface area contributed by atoms with Crippen molar-refractivity contribution in [2.45, 2.75) is 13.5 Å². The van der Waals surface area contributed by atoms with Crippen LogP contribution < -0.4 is 20.7 Å². The van der Waals surface area contributed by atoms with Gasteiger partial charge in [0.15, 0.2) is 0 Å². The minimum atomic E-state index is -0.199. The lowest BCUT2D eigenvalue weighted by molar-refractivity contribution is -0.114. The van der Waals surface area contributed by atoms with Gasteiger partial charge in [-0.1, -0.05) is 18.2 Å². The van der Waals surface area contributed by atoms with Crippen LogP contribution in [0, 0.1) is 0 Å². The van der Waals surface area contributed by atoms with E-state index >= 15 is 0 Å². The molecule has 0 saturated carbocycles. The van der Waals surface area contributed by atoms with Gasteiger partial charge in [-0.25, -0.2) is 0 Å². The average Bonchev–Trinajstić information content (AvgIpc) is 2.78. The molecule has 30 heavy (non-hydrogen) atoms. The van der Waals surface area contributed by atoms with Gasteiger partial charge in [-0.2, -0.15) is 0 Å². The van der Waals surface area contributed by atoms with Crippen LogP contribution in [0.5, 0.6) is 5.75 Å². The van der Waals surface area contributed by atoms with Gasteiger partial charge in [0.25, 0.3) is 5.91 Å². The Morgan fingerprint density at radius 3 is 2.53 bits per heavy atom. The first-order valence-corrected chi connectivity index (χ1v) is 9.68. The Hall–Kier alpha value is -3.87. The lowest BCUT2D eigenvalue weighted by Gasteiger charge is -2.12. The zero-order chi connectivity index (χ0) is 21.2. The van der Waals surface area contributed by atoms with Crippen LogP contribution in [0.25, 0.3) is 0 Å². The van der Waals surface area contributed by atoms with Crippen LogP contribution in [0.3, 0.4) is 0 Å². The summed E-state index contributed by atoms with van der Waals surface area (Å²) in [6, 6.07) is 17.9. The van der Waals surface area contributed by atoms with E-state index in [2.05, 4.69) is 20.9 Å². The van der Waals surface area contributed by atoms with Crippen molar-refractivity contribution < 1.29 is 14.3 Å². The van der Waals surface area contributed by atoms with Crippen LogP contribution in [-0.2, 0) is 11.3 Å². The zero-order valence-corrected chi connectivity index (χ0v) is 16.7. The maximum atomic E-state index is 12.3. The van der Waals surface area contributed by atoms with Gasteiger partial charge < -0.3 is 20.7 Å². The number of rotatable bonds is 9. The van der Waals surface area contributed by atoms with Crippen molar-refractivity contribution in [3.05, 3.63) is 84.2 Å². The summed E-state index contributed by atoms with van der Waals surface area (Å²) in [5.74, 6) is 0.315. The van der Waals surface area contributed by atoms with E-state index in [1.807, 2.05) is 43.3 Å². The number of benzene rings is 2. The monoisotopic (exact) mass is 404 g/mol. The molecular formula is C23H24N4O3. The summed E-state index contributed by atoms with van der Waals surface area (Å²) >= 11 is 0. The third-order valence-electron chi connectivity index (χ3n) is 4.23. The summed E-state index contributed by atoms with van der Waals surface area (Å²) in [6.07, 6.45) is 3.39. The Morgan fingerprint density at radius 2 is 1.80 bits per heavy atom. The Labute approximate surface area is 175 Å². The van der Waals surface area contributed by atoms with Crippen LogP contribution in [0.4, 0.5) is 11.4 Å². The molecule has 0 aliphatic heterocycles. The first-order valence-electron chi connectivity index (χ1n) is 9.68. The molecule has 0 aliphatic carbocycles. The third-order valence-corrected chi connectivity index (χ3v) is 4.23. The van der Waals surface area contributed by atoms with Crippen molar-refractivity contribution in [2.24, 2.45) is 0 Å². The van der Waals surface area contributed by atoms with Gasteiger partial charge in [0, 0.05) is 30.2 Å². The van der Waals surface area contributed by atoms with Crippen molar-refractivity contribution in [3.63, 3.8) is 0 Å². The van der Waals surface area contributed by atoms with Crippen LogP contribution >= 0.6 is 0 Å². The molecule has 0 atom stereocenters. The third kappa shape index (κ3) is 6.07. The van der Waals surface area contributed by atoms with Crippen molar-refractivity contribution in [1.29, 1.82) is 0 Å². The van der Waals surface area contributed by atoms with Crippen LogP contribution in [-0.4, -0.2) is 29.9 Å². The molecule has 3 rings (SSSR count). The standard InChI is InChI=1S/C23H24N4O3/c1-2-30-21-8-4-3-7-20(21)25-16-22(28)27-19-11-9-18(10-12-19)23(29)26-15-17-6-5-13-24-14-17/h3-14,25H,2,15-16H2,1H3,(H,26,29)(H,27,28). The Balaban J connectivity index is 1.49. The minimum Gasteiger partial charge on any atom is -0.492 e. The Bertz CT molecular complexity index is 975. The van der Waals surface area contributed by atoms with Crippen molar-refractivity contribution in [2.75, 3.05) is 23.8 Å². The first kappa shape index (κ1) is 20.9. The normalized spacial score (nSPS) is 10.2. The van der Waals surface area contributed by atoms with Gasteiger partial charge in [-0.05, 0) is 55.0 Å². The SMILES string of the molecule is CCOc1ccccc1NCC(=O)Nc1ccc(C(=O)NCc2cccnc2)cc1. The van der Waals surface area contributed by atoms with Crippen LogP contribution in [0.15, 0.2) is 73.1 Å². The highest BCUT2D eigenvalue weighted by molar-refractivity contribution is 5.96. The van der Waals surface area contributed by atoms with Gasteiger partial charge in [0.2, 0.25) is 5.91 Å². The van der Waals surface area contributed by atoms with E-state index in [4.69, 9.17) is 4.74 Å². The van der Waals surface area contributed by atoms with Gasteiger partial charge in [0.1, 0.15) is 5.75 Å². The molecule has 0 radical (unpaired) electrons. The summed E-state index contributed by atoms with van der Waals surface area (Å²) in [7, 11) is 0. The van der Waals surface area contributed by atoms with E-state index in [1.165, 1.54) is 0 Å². The Morgan fingerprint density at radius 1 is 1.00 bits per heavy atom. The summed E-state index contributed by atoms with van der Waals surface area (Å²) in [4.78, 5) is 28.5. The fourth-order valence-corrected chi connectivity index (χ4v) is 2.77. The molecule has 1 heterocycles. The van der Waals surface area contributed by atoms with Gasteiger partial charge in [-0.15, -0.1) is 0 Å². The van der Waals surface area contributed by atoms with E-state index in [-0.39, 0.29) is 18.4 Å². The molecular weight excluding hydrogens is 380 g/mol. The number of para-hydroxylation sites is 2. The molecule has 0 fully saturated rings. The van der Waals surface area contributed by atoms with E-state index in [9.17, 15) is 9.59 Å². The number of amides is 2. The molecule has 0 bridgehead atoms. The number of anilines is 2. The molecule has 3 aromatic rings. The number of pyridine rings is 1. The average molecular weight is 404 g/mol. The van der Waals surface area contributed by atoms with E-state index < -0.39 is 0 Å². The highest BCUT2D eigenvalue weighted by Gasteiger charge is 2.08. The van der Waals surface area contributed by atoms with E-state index in [0.29, 0.717) is 30.2 Å². The number of nitrogens with zero attached hydrogens (tertiary/aromatic N) is 1. The summed E-state index contributed by atoms with van der Waals surface area (Å²) in [6.45, 7) is 2.96.